The Hall–Kier alpha value is -1.16. The van der Waals surface area contributed by atoms with Gasteiger partial charge < -0.3 is 10.6 Å². The third-order valence-electron chi connectivity index (χ3n) is 3.29. The van der Waals surface area contributed by atoms with Gasteiger partial charge in [0, 0.05) is 25.2 Å². The van der Waals surface area contributed by atoms with Gasteiger partial charge in [-0.2, -0.15) is 0 Å². The summed E-state index contributed by atoms with van der Waals surface area (Å²) in [7, 11) is 0. The maximum atomic E-state index is 13.1. The molecule has 1 aromatic heterocycles. The summed E-state index contributed by atoms with van der Waals surface area (Å²) in [5.41, 5.74) is 6.47. The summed E-state index contributed by atoms with van der Waals surface area (Å²) >= 11 is 0. The molecule has 1 aliphatic rings. The average molecular weight is 237 g/mol. The third-order valence-corrected chi connectivity index (χ3v) is 3.29. The van der Waals surface area contributed by atoms with Gasteiger partial charge in [0.15, 0.2) is 0 Å². The summed E-state index contributed by atoms with van der Waals surface area (Å²) in [6.07, 6.45) is 7.53. The first-order valence-corrected chi connectivity index (χ1v) is 6.40. The molecule has 2 N–H and O–H groups in total. The SMILES string of the molecule is NCc1cc(F)cnc1N1CCCCCCC1. The first kappa shape index (κ1) is 12.3. The maximum absolute atomic E-state index is 13.1. The smallest absolute Gasteiger partial charge is 0.141 e. The lowest BCUT2D eigenvalue weighted by Crippen LogP contribution is -2.29. The van der Waals surface area contributed by atoms with E-state index in [1.807, 2.05) is 0 Å². The fourth-order valence-corrected chi connectivity index (χ4v) is 2.37. The van der Waals surface area contributed by atoms with Crippen molar-refractivity contribution in [2.75, 3.05) is 18.0 Å². The van der Waals surface area contributed by atoms with Gasteiger partial charge in [0.2, 0.25) is 0 Å². The summed E-state index contributed by atoms with van der Waals surface area (Å²) in [5.74, 6) is 0.567. The molecule has 0 radical (unpaired) electrons. The summed E-state index contributed by atoms with van der Waals surface area (Å²) in [4.78, 5) is 6.47. The molecule has 0 spiro atoms. The van der Waals surface area contributed by atoms with Crippen molar-refractivity contribution >= 4 is 5.82 Å². The van der Waals surface area contributed by atoms with E-state index in [0.717, 1.165) is 24.5 Å². The Morgan fingerprint density at radius 3 is 2.47 bits per heavy atom. The van der Waals surface area contributed by atoms with E-state index >= 15 is 0 Å². The second-order valence-corrected chi connectivity index (χ2v) is 4.60. The molecule has 0 aromatic carbocycles. The van der Waals surface area contributed by atoms with Gasteiger partial charge in [-0.1, -0.05) is 19.3 Å². The molecule has 94 valence electrons. The topological polar surface area (TPSA) is 42.1 Å². The molecule has 0 unspecified atom stereocenters. The highest BCUT2D eigenvalue weighted by atomic mass is 19.1. The van der Waals surface area contributed by atoms with Gasteiger partial charge in [0.1, 0.15) is 11.6 Å². The van der Waals surface area contributed by atoms with Gasteiger partial charge in [-0.05, 0) is 18.9 Å². The molecule has 0 bridgehead atoms. The van der Waals surface area contributed by atoms with Crippen LogP contribution in [0.1, 0.15) is 37.7 Å². The van der Waals surface area contributed by atoms with Crippen LogP contribution in [0.5, 0.6) is 0 Å². The summed E-state index contributed by atoms with van der Waals surface area (Å²) in [6, 6.07) is 1.50. The van der Waals surface area contributed by atoms with Gasteiger partial charge in [-0.15, -0.1) is 0 Å². The van der Waals surface area contributed by atoms with E-state index < -0.39 is 0 Å². The van der Waals surface area contributed by atoms with Crippen LogP contribution >= 0.6 is 0 Å². The van der Waals surface area contributed by atoms with E-state index in [9.17, 15) is 4.39 Å². The lowest BCUT2D eigenvalue weighted by Gasteiger charge is -2.27. The van der Waals surface area contributed by atoms with Crippen LogP contribution in [0.25, 0.3) is 0 Å². The van der Waals surface area contributed by atoms with Crippen molar-refractivity contribution in [1.29, 1.82) is 0 Å². The van der Waals surface area contributed by atoms with Gasteiger partial charge in [-0.3, -0.25) is 0 Å². The normalized spacial score (nSPS) is 17.6. The van der Waals surface area contributed by atoms with E-state index in [1.165, 1.54) is 44.4 Å². The fraction of sp³-hybridized carbons (Fsp3) is 0.615. The Labute approximate surface area is 102 Å². The van der Waals surface area contributed by atoms with E-state index in [2.05, 4.69) is 9.88 Å². The molecule has 17 heavy (non-hydrogen) atoms. The average Bonchev–Trinajstić information content (AvgIpc) is 2.29. The molecule has 2 rings (SSSR count). The van der Waals surface area contributed by atoms with E-state index in [4.69, 9.17) is 5.73 Å². The Balaban J connectivity index is 2.18. The molecular weight excluding hydrogens is 217 g/mol. The first-order valence-electron chi connectivity index (χ1n) is 6.40. The molecular formula is C13H20FN3. The molecule has 0 saturated carbocycles. The van der Waals surface area contributed by atoms with Crippen molar-refractivity contribution in [3.8, 4) is 0 Å². The van der Waals surface area contributed by atoms with E-state index in [-0.39, 0.29) is 5.82 Å². The number of rotatable bonds is 2. The maximum Gasteiger partial charge on any atom is 0.141 e. The minimum atomic E-state index is -0.304. The predicted octanol–water partition coefficient (Wildman–Crippen LogP) is 2.45. The zero-order chi connectivity index (χ0) is 12.1. The Morgan fingerprint density at radius 2 is 1.82 bits per heavy atom. The van der Waals surface area contributed by atoms with Crippen molar-refractivity contribution < 1.29 is 4.39 Å². The molecule has 1 aromatic rings. The zero-order valence-corrected chi connectivity index (χ0v) is 10.2. The first-order chi connectivity index (χ1) is 8.31. The highest BCUT2D eigenvalue weighted by molar-refractivity contribution is 5.46. The van der Waals surface area contributed by atoms with Crippen LogP contribution in [0.15, 0.2) is 12.3 Å². The number of halogens is 1. The van der Waals surface area contributed by atoms with Crippen molar-refractivity contribution in [3.63, 3.8) is 0 Å². The second kappa shape index (κ2) is 5.96. The molecule has 2 heterocycles. The molecule has 1 fully saturated rings. The number of hydrogen-bond acceptors (Lipinski definition) is 3. The second-order valence-electron chi connectivity index (χ2n) is 4.60. The van der Waals surface area contributed by atoms with E-state index in [0.29, 0.717) is 6.54 Å². The van der Waals surface area contributed by atoms with Crippen LogP contribution in [0.3, 0.4) is 0 Å². The number of aromatic nitrogens is 1. The minimum absolute atomic E-state index is 0.304. The van der Waals surface area contributed by atoms with Gasteiger partial charge in [-0.25, -0.2) is 9.37 Å². The highest BCUT2D eigenvalue weighted by Gasteiger charge is 2.14. The van der Waals surface area contributed by atoms with Gasteiger partial charge in [0.25, 0.3) is 0 Å². The predicted molar refractivity (Wildman–Crippen MR) is 67.4 cm³/mol. The van der Waals surface area contributed by atoms with Crippen LogP contribution in [0, 0.1) is 5.82 Å². The molecule has 1 aliphatic heterocycles. The lowest BCUT2D eigenvalue weighted by molar-refractivity contribution is 0.551. The Morgan fingerprint density at radius 1 is 1.18 bits per heavy atom. The summed E-state index contributed by atoms with van der Waals surface area (Å²) in [5, 5.41) is 0. The monoisotopic (exact) mass is 237 g/mol. The third kappa shape index (κ3) is 3.16. The number of anilines is 1. The standard InChI is InChI=1S/C13H20FN3/c14-12-8-11(9-15)13(16-10-12)17-6-4-2-1-3-5-7-17/h8,10H,1-7,9,15H2. The summed E-state index contributed by atoms with van der Waals surface area (Å²) in [6.45, 7) is 2.36. The van der Waals surface area contributed by atoms with Crippen LogP contribution in [0.2, 0.25) is 0 Å². The zero-order valence-electron chi connectivity index (χ0n) is 10.2. The molecule has 0 atom stereocenters. The van der Waals surface area contributed by atoms with Crippen molar-refractivity contribution in [3.05, 3.63) is 23.6 Å². The number of nitrogens with zero attached hydrogens (tertiary/aromatic N) is 2. The fourth-order valence-electron chi connectivity index (χ4n) is 2.37. The van der Waals surface area contributed by atoms with Crippen molar-refractivity contribution in [2.24, 2.45) is 5.73 Å². The molecule has 4 heteroatoms. The van der Waals surface area contributed by atoms with Crippen LogP contribution in [0.4, 0.5) is 10.2 Å². The van der Waals surface area contributed by atoms with Crippen LogP contribution in [-0.4, -0.2) is 18.1 Å². The van der Waals surface area contributed by atoms with Crippen LogP contribution < -0.4 is 10.6 Å². The number of pyridine rings is 1. The Bertz CT molecular complexity index is 360. The molecule has 0 amide bonds. The largest absolute Gasteiger partial charge is 0.356 e. The number of hydrogen-bond donors (Lipinski definition) is 1. The highest BCUT2D eigenvalue weighted by Crippen LogP contribution is 2.21. The van der Waals surface area contributed by atoms with Gasteiger partial charge >= 0.3 is 0 Å². The summed E-state index contributed by atoms with van der Waals surface area (Å²) < 4.78 is 13.1. The molecule has 0 aliphatic carbocycles. The van der Waals surface area contributed by atoms with Crippen molar-refractivity contribution in [2.45, 2.75) is 38.6 Å². The molecule has 3 nitrogen and oxygen atoms in total. The van der Waals surface area contributed by atoms with Crippen LogP contribution in [-0.2, 0) is 6.54 Å². The molecule has 1 saturated heterocycles. The minimum Gasteiger partial charge on any atom is -0.356 e. The number of nitrogens with two attached hydrogens (primary N) is 1. The quantitative estimate of drug-likeness (QED) is 0.859. The van der Waals surface area contributed by atoms with Gasteiger partial charge in [0.05, 0.1) is 6.20 Å². The van der Waals surface area contributed by atoms with Crippen molar-refractivity contribution in [1.82, 2.24) is 4.98 Å². The Kier molecular flexibility index (Phi) is 4.31. The lowest BCUT2D eigenvalue weighted by atomic mass is 10.1. The van der Waals surface area contributed by atoms with E-state index in [1.54, 1.807) is 0 Å².